The van der Waals surface area contributed by atoms with Crippen molar-refractivity contribution in [1.82, 2.24) is 9.88 Å². The van der Waals surface area contributed by atoms with Crippen LogP contribution in [0.25, 0.3) is 0 Å². The molecule has 1 atom stereocenters. The lowest BCUT2D eigenvalue weighted by Crippen LogP contribution is -2.44. The van der Waals surface area contributed by atoms with E-state index in [1.165, 1.54) is 0 Å². The SMILES string of the molecule is Cc1cccc(NC(=O)C2CCCN(CC(=O)Nc3ccccc3N3CCCC3=O)C2)n1. The van der Waals surface area contributed by atoms with E-state index in [-0.39, 0.29) is 30.2 Å². The molecule has 2 saturated heterocycles. The zero-order valence-electron chi connectivity index (χ0n) is 18.3. The number of piperidine rings is 1. The Balaban J connectivity index is 1.34. The van der Waals surface area contributed by atoms with Crippen molar-refractivity contribution in [3.8, 4) is 0 Å². The van der Waals surface area contributed by atoms with Crippen molar-refractivity contribution in [2.24, 2.45) is 5.92 Å². The summed E-state index contributed by atoms with van der Waals surface area (Å²) in [7, 11) is 0. The van der Waals surface area contributed by atoms with Crippen LogP contribution in [0.15, 0.2) is 42.5 Å². The molecular formula is C24H29N5O3. The van der Waals surface area contributed by atoms with Crippen LogP contribution in [0.1, 0.15) is 31.4 Å². The molecule has 2 fully saturated rings. The van der Waals surface area contributed by atoms with E-state index >= 15 is 0 Å². The normalized spacial score (nSPS) is 19.1. The molecule has 8 nitrogen and oxygen atoms in total. The van der Waals surface area contributed by atoms with Crippen molar-refractivity contribution in [3.63, 3.8) is 0 Å². The monoisotopic (exact) mass is 435 g/mol. The van der Waals surface area contributed by atoms with Crippen LogP contribution in [0.4, 0.5) is 17.2 Å². The molecule has 4 rings (SSSR count). The van der Waals surface area contributed by atoms with Crippen molar-refractivity contribution in [1.29, 1.82) is 0 Å². The van der Waals surface area contributed by atoms with Crippen LogP contribution in [0, 0.1) is 12.8 Å². The lowest BCUT2D eigenvalue weighted by Gasteiger charge is -2.31. The van der Waals surface area contributed by atoms with Crippen LogP contribution in [-0.4, -0.2) is 53.8 Å². The Bertz CT molecular complexity index is 1010. The fourth-order valence-electron chi connectivity index (χ4n) is 4.36. The molecule has 1 aromatic heterocycles. The van der Waals surface area contributed by atoms with Crippen LogP contribution in [-0.2, 0) is 14.4 Å². The molecule has 0 aliphatic carbocycles. The number of carbonyl (C=O) groups is 3. The van der Waals surface area contributed by atoms with Gasteiger partial charge in [0.15, 0.2) is 0 Å². The fraction of sp³-hybridized carbons (Fsp3) is 0.417. The molecule has 2 aliphatic heterocycles. The van der Waals surface area contributed by atoms with Crippen molar-refractivity contribution < 1.29 is 14.4 Å². The van der Waals surface area contributed by atoms with E-state index in [4.69, 9.17) is 0 Å². The number of carbonyl (C=O) groups excluding carboxylic acids is 3. The topological polar surface area (TPSA) is 94.6 Å². The van der Waals surface area contributed by atoms with E-state index in [1.54, 1.807) is 11.0 Å². The molecule has 3 heterocycles. The number of likely N-dealkylation sites (tertiary alicyclic amines) is 1. The van der Waals surface area contributed by atoms with Gasteiger partial charge in [-0.25, -0.2) is 4.98 Å². The first kappa shape index (κ1) is 22.0. The molecule has 1 unspecified atom stereocenters. The maximum absolute atomic E-state index is 12.8. The third-order valence-electron chi connectivity index (χ3n) is 5.93. The van der Waals surface area contributed by atoms with Gasteiger partial charge in [0.1, 0.15) is 5.82 Å². The van der Waals surface area contributed by atoms with Gasteiger partial charge in [0, 0.05) is 25.2 Å². The number of nitrogens with zero attached hydrogens (tertiary/aromatic N) is 3. The van der Waals surface area contributed by atoms with Gasteiger partial charge in [-0.1, -0.05) is 18.2 Å². The predicted octanol–water partition coefficient (Wildman–Crippen LogP) is 2.81. The smallest absolute Gasteiger partial charge is 0.238 e. The Labute approximate surface area is 188 Å². The van der Waals surface area contributed by atoms with Crippen molar-refractivity contribution in [3.05, 3.63) is 48.2 Å². The summed E-state index contributed by atoms with van der Waals surface area (Å²) in [5.74, 6) is 0.239. The quantitative estimate of drug-likeness (QED) is 0.728. The van der Waals surface area contributed by atoms with Crippen LogP contribution in [0.5, 0.6) is 0 Å². The average molecular weight is 436 g/mol. The van der Waals surface area contributed by atoms with Crippen molar-refractivity contribution in [2.45, 2.75) is 32.6 Å². The molecule has 2 N–H and O–H groups in total. The highest BCUT2D eigenvalue weighted by Crippen LogP contribution is 2.29. The summed E-state index contributed by atoms with van der Waals surface area (Å²) in [6.45, 7) is 4.05. The first-order valence-electron chi connectivity index (χ1n) is 11.2. The number of rotatable bonds is 6. The summed E-state index contributed by atoms with van der Waals surface area (Å²) >= 11 is 0. The van der Waals surface area contributed by atoms with E-state index < -0.39 is 0 Å². The van der Waals surface area contributed by atoms with Gasteiger partial charge in [0.2, 0.25) is 17.7 Å². The van der Waals surface area contributed by atoms with Gasteiger partial charge < -0.3 is 15.5 Å². The lowest BCUT2D eigenvalue weighted by atomic mass is 9.97. The Morgan fingerprint density at radius 3 is 2.69 bits per heavy atom. The van der Waals surface area contributed by atoms with E-state index in [1.807, 2.05) is 48.2 Å². The second-order valence-corrected chi connectivity index (χ2v) is 8.44. The Morgan fingerprint density at radius 2 is 1.91 bits per heavy atom. The molecule has 8 heteroatoms. The summed E-state index contributed by atoms with van der Waals surface area (Å²) in [5, 5.41) is 5.85. The number of benzene rings is 1. The molecule has 2 aliphatic rings. The largest absolute Gasteiger partial charge is 0.323 e. The third kappa shape index (κ3) is 5.31. The number of amides is 3. The molecule has 0 bridgehead atoms. The summed E-state index contributed by atoms with van der Waals surface area (Å²) in [6, 6.07) is 12.9. The van der Waals surface area contributed by atoms with Gasteiger partial charge in [-0.15, -0.1) is 0 Å². The second kappa shape index (κ2) is 9.91. The lowest BCUT2D eigenvalue weighted by molar-refractivity contribution is -0.123. The van der Waals surface area contributed by atoms with Gasteiger partial charge in [-0.05, 0) is 57.0 Å². The highest BCUT2D eigenvalue weighted by Gasteiger charge is 2.28. The number of pyridine rings is 1. The van der Waals surface area contributed by atoms with Crippen molar-refractivity contribution >= 4 is 34.9 Å². The number of aryl methyl sites for hydroxylation is 1. The van der Waals surface area contributed by atoms with E-state index in [0.29, 0.717) is 31.0 Å². The van der Waals surface area contributed by atoms with Gasteiger partial charge in [-0.2, -0.15) is 0 Å². The molecule has 2 aromatic rings. The molecule has 0 spiro atoms. The van der Waals surface area contributed by atoms with Crippen LogP contribution < -0.4 is 15.5 Å². The molecule has 0 radical (unpaired) electrons. The van der Waals surface area contributed by atoms with E-state index in [0.717, 1.165) is 37.2 Å². The zero-order valence-corrected chi connectivity index (χ0v) is 18.3. The van der Waals surface area contributed by atoms with Gasteiger partial charge in [-0.3, -0.25) is 19.3 Å². The molecular weight excluding hydrogens is 406 g/mol. The summed E-state index contributed by atoms with van der Waals surface area (Å²) < 4.78 is 0. The minimum absolute atomic E-state index is 0.0638. The average Bonchev–Trinajstić information content (AvgIpc) is 3.20. The third-order valence-corrected chi connectivity index (χ3v) is 5.93. The maximum Gasteiger partial charge on any atom is 0.238 e. The van der Waals surface area contributed by atoms with Crippen LogP contribution in [0.2, 0.25) is 0 Å². The Morgan fingerprint density at radius 1 is 1.06 bits per heavy atom. The van der Waals surface area contributed by atoms with Gasteiger partial charge in [0.25, 0.3) is 0 Å². The number of anilines is 3. The summed E-state index contributed by atoms with van der Waals surface area (Å²) in [4.78, 5) is 45.7. The Kier molecular flexibility index (Phi) is 6.80. The van der Waals surface area contributed by atoms with Gasteiger partial charge in [0.05, 0.1) is 23.8 Å². The predicted molar refractivity (Wildman–Crippen MR) is 123 cm³/mol. The maximum atomic E-state index is 12.8. The fourth-order valence-corrected chi connectivity index (χ4v) is 4.36. The number of aromatic nitrogens is 1. The zero-order chi connectivity index (χ0) is 22.5. The minimum atomic E-state index is -0.187. The van der Waals surface area contributed by atoms with E-state index in [2.05, 4.69) is 15.6 Å². The van der Waals surface area contributed by atoms with Crippen molar-refractivity contribution in [2.75, 3.05) is 41.7 Å². The molecule has 3 amide bonds. The number of para-hydroxylation sites is 2. The highest BCUT2D eigenvalue weighted by molar-refractivity contribution is 6.02. The Hall–Kier alpha value is -3.26. The highest BCUT2D eigenvalue weighted by atomic mass is 16.2. The van der Waals surface area contributed by atoms with Gasteiger partial charge >= 0.3 is 0 Å². The minimum Gasteiger partial charge on any atom is -0.323 e. The summed E-state index contributed by atoms with van der Waals surface area (Å²) in [5.41, 5.74) is 2.23. The molecule has 32 heavy (non-hydrogen) atoms. The van der Waals surface area contributed by atoms with Crippen LogP contribution >= 0.6 is 0 Å². The number of hydrogen-bond donors (Lipinski definition) is 2. The molecule has 0 saturated carbocycles. The molecule has 1 aromatic carbocycles. The summed E-state index contributed by atoms with van der Waals surface area (Å²) in [6.07, 6.45) is 3.01. The van der Waals surface area contributed by atoms with E-state index in [9.17, 15) is 14.4 Å². The first-order chi connectivity index (χ1) is 15.5. The second-order valence-electron chi connectivity index (χ2n) is 8.44. The first-order valence-corrected chi connectivity index (χ1v) is 11.2. The molecule has 168 valence electrons. The van der Waals surface area contributed by atoms with Crippen LogP contribution in [0.3, 0.4) is 0 Å². The number of nitrogens with one attached hydrogen (secondary N) is 2. The standard InChI is InChI=1S/C24H29N5O3/c1-17-7-4-11-21(25-17)27-24(32)18-8-5-13-28(15-18)16-22(30)26-19-9-2-3-10-20(19)29-14-6-12-23(29)31/h2-4,7,9-11,18H,5-6,8,12-16H2,1H3,(H,26,30)(H,25,27,32). The number of hydrogen-bond acceptors (Lipinski definition) is 5.